The van der Waals surface area contributed by atoms with Crippen LogP contribution < -0.4 is 4.74 Å². The average molecular weight is 244 g/mol. The van der Waals surface area contributed by atoms with Gasteiger partial charge in [0.05, 0.1) is 6.61 Å². The van der Waals surface area contributed by atoms with Crippen LogP contribution in [0.15, 0.2) is 29.8 Å². The van der Waals surface area contributed by atoms with Crippen LogP contribution in [0.4, 0.5) is 0 Å². The zero-order valence-electron chi connectivity index (χ0n) is 10.9. The molecule has 2 nitrogen and oxygen atoms in total. The fourth-order valence-electron chi connectivity index (χ4n) is 2.14. The Kier molecular flexibility index (Phi) is 4.57. The van der Waals surface area contributed by atoms with Crippen LogP contribution in [0.3, 0.4) is 0 Å². The molecule has 0 N–H and O–H groups in total. The zero-order chi connectivity index (χ0) is 12.8. The number of hydrogen-bond acceptors (Lipinski definition) is 2. The summed E-state index contributed by atoms with van der Waals surface area (Å²) in [6.07, 6.45) is 6.84. The highest BCUT2D eigenvalue weighted by Gasteiger charge is 2.14. The maximum Gasteiger partial charge on any atom is 0.158 e. The van der Waals surface area contributed by atoms with Gasteiger partial charge in [-0.3, -0.25) is 4.79 Å². The summed E-state index contributed by atoms with van der Waals surface area (Å²) in [6, 6.07) is 7.96. The summed E-state index contributed by atoms with van der Waals surface area (Å²) < 4.78 is 5.53. The molecule has 1 aromatic carbocycles. The van der Waals surface area contributed by atoms with Gasteiger partial charge in [0.15, 0.2) is 5.78 Å². The van der Waals surface area contributed by atoms with E-state index in [1.165, 1.54) is 0 Å². The third kappa shape index (κ3) is 3.46. The van der Waals surface area contributed by atoms with Crippen molar-refractivity contribution >= 4 is 11.9 Å². The monoisotopic (exact) mass is 244 g/mol. The van der Waals surface area contributed by atoms with E-state index in [1.807, 2.05) is 30.3 Å². The lowest BCUT2D eigenvalue weighted by molar-refractivity contribution is -0.116. The Morgan fingerprint density at radius 2 is 1.89 bits per heavy atom. The van der Waals surface area contributed by atoms with Crippen LogP contribution in [0.5, 0.6) is 5.75 Å². The highest BCUT2D eigenvalue weighted by molar-refractivity contribution is 6.00. The predicted molar refractivity (Wildman–Crippen MR) is 73.7 cm³/mol. The maximum atomic E-state index is 11.7. The first-order chi connectivity index (χ1) is 8.79. The Labute approximate surface area is 109 Å². The van der Waals surface area contributed by atoms with Crippen LogP contribution in [0, 0.1) is 0 Å². The number of hydrogen-bond donors (Lipinski definition) is 0. The number of carbonyl (C=O) groups excluding carboxylic acids is 1. The summed E-state index contributed by atoms with van der Waals surface area (Å²) >= 11 is 0. The third-order valence-corrected chi connectivity index (χ3v) is 3.15. The molecule has 1 aromatic rings. The fraction of sp³-hybridized carbons (Fsp3) is 0.438. The molecule has 0 aromatic heterocycles. The summed E-state index contributed by atoms with van der Waals surface area (Å²) in [5.41, 5.74) is 2.06. The zero-order valence-corrected chi connectivity index (χ0v) is 10.9. The van der Waals surface area contributed by atoms with Crippen molar-refractivity contribution in [3.8, 4) is 5.75 Å². The van der Waals surface area contributed by atoms with E-state index in [0.717, 1.165) is 49.2 Å². The van der Waals surface area contributed by atoms with Gasteiger partial charge in [-0.2, -0.15) is 0 Å². The van der Waals surface area contributed by atoms with Crippen LogP contribution in [0.2, 0.25) is 0 Å². The molecule has 1 saturated carbocycles. The molecule has 0 heterocycles. The molecule has 96 valence electrons. The van der Waals surface area contributed by atoms with Crippen molar-refractivity contribution in [2.45, 2.75) is 39.0 Å². The summed E-state index contributed by atoms with van der Waals surface area (Å²) in [6.45, 7) is 2.84. The van der Waals surface area contributed by atoms with Gasteiger partial charge in [-0.1, -0.05) is 19.1 Å². The summed E-state index contributed by atoms with van der Waals surface area (Å²) in [4.78, 5) is 11.7. The van der Waals surface area contributed by atoms with Crippen LogP contribution in [-0.2, 0) is 4.79 Å². The standard InChI is InChI=1S/C16H20O2/c1-2-11-18-15-9-7-13(8-10-15)12-14-5-3-4-6-16(14)17/h7-10,12H,2-6,11H2,1H3. The van der Waals surface area contributed by atoms with Crippen molar-refractivity contribution in [3.63, 3.8) is 0 Å². The second-order valence-electron chi connectivity index (χ2n) is 4.72. The van der Waals surface area contributed by atoms with E-state index in [1.54, 1.807) is 0 Å². The molecule has 1 aliphatic rings. The molecule has 0 saturated heterocycles. The van der Waals surface area contributed by atoms with Gasteiger partial charge in [-0.05, 0) is 55.0 Å². The Morgan fingerprint density at radius 1 is 1.17 bits per heavy atom. The van der Waals surface area contributed by atoms with E-state index < -0.39 is 0 Å². The van der Waals surface area contributed by atoms with Gasteiger partial charge < -0.3 is 4.74 Å². The number of ketones is 1. The van der Waals surface area contributed by atoms with Gasteiger partial charge in [-0.15, -0.1) is 0 Å². The van der Waals surface area contributed by atoms with Crippen LogP contribution >= 0.6 is 0 Å². The van der Waals surface area contributed by atoms with E-state index in [-0.39, 0.29) is 0 Å². The number of rotatable bonds is 4. The van der Waals surface area contributed by atoms with Gasteiger partial charge in [-0.25, -0.2) is 0 Å². The molecule has 2 heteroatoms. The largest absolute Gasteiger partial charge is 0.494 e. The van der Waals surface area contributed by atoms with E-state index in [0.29, 0.717) is 12.2 Å². The molecule has 0 atom stereocenters. The van der Waals surface area contributed by atoms with Gasteiger partial charge >= 0.3 is 0 Å². The second kappa shape index (κ2) is 6.39. The molecule has 1 fully saturated rings. The minimum absolute atomic E-state index is 0.313. The molecule has 0 spiro atoms. The number of Topliss-reactive ketones (excluding diaryl/α,β-unsaturated/α-hetero) is 1. The lowest BCUT2D eigenvalue weighted by Crippen LogP contribution is -2.07. The first-order valence-corrected chi connectivity index (χ1v) is 6.76. The molecule has 1 aliphatic carbocycles. The maximum absolute atomic E-state index is 11.7. The van der Waals surface area contributed by atoms with Gasteiger partial charge in [0, 0.05) is 6.42 Å². The minimum atomic E-state index is 0.313. The quantitative estimate of drug-likeness (QED) is 0.748. The molecule has 0 aliphatic heterocycles. The Hall–Kier alpha value is -1.57. The lowest BCUT2D eigenvalue weighted by atomic mass is 9.92. The summed E-state index contributed by atoms with van der Waals surface area (Å²) in [7, 11) is 0. The Morgan fingerprint density at radius 3 is 2.56 bits per heavy atom. The van der Waals surface area contributed by atoms with Crippen molar-refractivity contribution in [2.24, 2.45) is 0 Å². The Balaban J connectivity index is 2.05. The molecular formula is C16H20O2. The smallest absolute Gasteiger partial charge is 0.158 e. The van der Waals surface area contributed by atoms with E-state index in [4.69, 9.17) is 4.74 Å². The van der Waals surface area contributed by atoms with Crippen LogP contribution in [0.1, 0.15) is 44.6 Å². The molecule has 18 heavy (non-hydrogen) atoms. The van der Waals surface area contributed by atoms with Crippen molar-refractivity contribution in [3.05, 3.63) is 35.4 Å². The lowest BCUT2D eigenvalue weighted by Gasteiger charge is -2.12. The minimum Gasteiger partial charge on any atom is -0.494 e. The second-order valence-corrected chi connectivity index (χ2v) is 4.72. The van der Waals surface area contributed by atoms with Gasteiger partial charge in [0.2, 0.25) is 0 Å². The number of ether oxygens (including phenoxy) is 1. The van der Waals surface area contributed by atoms with Crippen molar-refractivity contribution in [1.82, 2.24) is 0 Å². The van der Waals surface area contributed by atoms with Crippen LogP contribution in [-0.4, -0.2) is 12.4 Å². The number of allylic oxidation sites excluding steroid dienone is 1. The van der Waals surface area contributed by atoms with E-state index in [9.17, 15) is 4.79 Å². The highest BCUT2D eigenvalue weighted by atomic mass is 16.5. The SMILES string of the molecule is CCCOc1ccc(C=C2CCCCC2=O)cc1. The van der Waals surface area contributed by atoms with Crippen molar-refractivity contribution in [2.75, 3.05) is 6.61 Å². The number of carbonyl (C=O) groups is 1. The average Bonchev–Trinajstić information content (AvgIpc) is 2.41. The number of benzene rings is 1. The van der Waals surface area contributed by atoms with Crippen molar-refractivity contribution < 1.29 is 9.53 Å². The molecule has 0 bridgehead atoms. The first kappa shape index (κ1) is 12.9. The first-order valence-electron chi connectivity index (χ1n) is 6.76. The molecule has 0 unspecified atom stereocenters. The fourth-order valence-corrected chi connectivity index (χ4v) is 2.14. The summed E-state index contributed by atoms with van der Waals surface area (Å²) in [5.74, 6) is 1.21. The molecular weight excluding hydrogens is 224 g/mol. The van der Waals surface area contributed by atoms with E-state index >= 15 is 0 Å². The highest BCUT2D eigenvalue weighted by Crippen LogP contribution is 2.23. The molecule has 0 amide bonds. The van der Waals surface area contributed by atoms with Crippen LogP contribution in [0.25, 0.3) is 6.08 Å². The summed E-state index contributed by atoms with van der Waals surface area (Å²) in [5, 5.41) is 0. The molecule has 0 radical (unpaired) electrons. The topological polar surface area (TPSA) is 26.3 Å². The van der Waals surface area contributed by atoms with E-state index in [2.05, 4.69) is 6.92 Å². The predicted octanol–water partition coefficient (Wildman–Crippen LogP) is 4.00. The van der Waals surface area contributed by atoms with Crippen molar-refractivity contribution in [1.29, 1.82) is 0 Å². The Bertz CT molecular complexity index is 429. The van der Waals surface area contributed by atoms with Gasteiger partial charge in [0.1, 0.15) is 5.75 Å². The normalized spacial score (nSPS) is 18.1. The molecule has 2 rings (SSSR count). The van der Waals surface area contributed by atoms with Gasteiger partial charge in [0.25, 0.3) is 0 Å². The third-order valence-electron chi connectivity index (χ3n) is 3.15.